The van der Waals surface area contributed by atoms with Crippen LogP contribution in [0.4, 0.5) is 0 Å². The number of fused-ring (bicyclic) bond motifs is 1. The van der Waals surface area contributed by atoms with E-state index in [0.29, 0.717) is 0 Å². The van der Waals surface area contributed by atoms with Crippen molar-refractivity contribution in [3.05, 3.63) is 45.1 Å². The molecule has 0 amide bonds. The summed E-state index contributed by atoms with van der Waals surface area (Å²) in [5, 5.41) is 22.5. The highest BCUT2D eigenvalue weighted by atomic mass is 32.1. The van der Waals surface area contributed by atoms with Crippen LogP contribution in [-0.2, 0) is 19.4 Å². The molecule has 0 aliphatic heterocycles. The molecule has 20 heavy (non-hydrogen) atoms. The zero-order valence-corrected chi connectivity index (χ0v) is 12.3. The number of phenolic OH excluding ortho intramolecular Hbond substituents is 2. The highest BCUT2D eigenvalue weighted by Gasteiger charge is 2.15. The maximum Gasteiger partial charge on any atom is 0.119 e. The van der Waals surface area contributed by atoms with E-state index in [2.05, 4.69) is 11.4 Å². The van der Waals surface area contributed by atoms with Crippen LogP contribution in [-0.4, -0.2) is 10.2 Å². The molecular weight excluding hydrogens is 270 g/mol. The second-order valence-corrected chi connectivity index (χ2v) is 6.62. The van der Waals surface area contributed by atoms with Gasteiger partial charge in [0.15, 0.2) is 0 Å². The Morgan fingerprint density at radius 2 is 1.90 bits per heavy atom. The van der Waals surface area contributed by atoms with Crippen LogP contribution in [0.5, 0.6) is 11.5 Å². The molecule has 1 aliphatic carbocycles. The van der Waals surface area contributed by atoms with Crippen molar-refractivity contribution in [2.24, 2.45) is 0 Å². The van der Waals surface area contributed by atoms with Crippen LogP contribution >= 0.6 is 11.3 Å². The Morgan fingerprint density at radius 1 is 1.15 bits per heavy atom. The molecule has 1 atom stereocenters. The summed E-state index contributed by atoms with van der Waals surface area (Å²) < 4.78 is 0. The number of hydrogen-bond acceptors (Lipinski definition) is 4. The zero-order chi connectivity index (χ0) is 14.1. The SMILES string of the molecule is CC(NCc1cc2c(s1)CCC2)c1cc(O)cc(O)c1. The predicted molar refractivity (Wildman–Crippen MR) is 81.4 cm³/mol. The number of nitrogens with one attached hydrogen (secondary N) is 1. The fourth-order valence-corrected chi connectivity index (χ4v) is 3.93. The molecule has 0 radical (unpaired) electrons. The largest absolute Gasteiger partial charge is 0.508 e. The quantitative estimate of drug-likeness (QED) is 0.807. The van der Waals surface area contributed by atoms with Crippen molar-refractivity contribution >= 4 is 11.3 Å². The minimum Gasteiger partial charge on any atom is -0.508 e. The maximum absolute atomic E-state index is 9.52. The molecule has 3 N–H and O–H groups in total. The fourth-order valence-electron chi connectivity index (χ4n) is 2.72. The molecule has 2 aromatic rings. The third kappa shape index (κ3) is 2.81. The Morgan fingerprint density at radius 3 is 2.60 bits per heavy atom. The Bertz CT molecular complexity index is 579. The molecule has 3 nitrogen and oxygen atoms in total. The van der Waals surface area contributed by atoms with Crippen molar-refractivity contribution in [1.29, 1.82) is 0 Å². The predicted octanol–water partition coefficient (Wildman–Crippen LogP) is 3.50. The van der Waals surface area contributed by atoms with Gasteiger partial charge in [-0.2, -0.15) is 0 Å². The van der Waals surface area contributed by atoms with Crippen molar-refractivity contribution in [1.82, 2.24) is 5.32 Å². The maximum atomic E-state index is 9.52. The first-order chi connectivity index (χ1) is 9.61. The Labute approximate surface area is 122 Å². The first kappa shape index (κ1) is 13.5. The number of thiophene rings is 1. The van der Waals surface area contributed by atoms with Crippen LogP contribution in [0.1, 0.15) is 40.3 Å². The summed E-state index contributed by atoms with van der Waals surface area (Å²) in [6, 6.07) is 7.12. The lowest BCUT2D eigenvalue weighted by molar-refractivity contribution is 0.446. The second-order valence-electron chi connectivity index (χ2n) is 5.40. The Kier molecular flexibility index (Phi) is 3.68. The first-order valence-corrected chi connectivity index (χ1v) is 7.80. The van der Waals surface area contributed by atoms with E-state index < -0.39 is 0 Å². The van der Waals surface area contributed by atoms with E-state index >= 15 is 0 Å². The summed E-state index contributed by atoms with van der Waals surface area (Å²) >= 11 is 1.90. The second kappa shape index (κ2) is 5.46. The molecule has 3 rings (SSSR count). The number of aryl methyl sites for hydroxylation is 2. The van der Waals surface area contributed by atoms with Gasteiger partial charge in [-0.1, -0.05) is 0 Å². The molecule has 0 bridgehead atoms. The van der Waals surface area contributed by atoms with Crippen LogP contribution < -0.4 is 5.32 Å². The number of benzene rings is 1. The summed E-state index contributed by atoms with van der Waals surface area (Å²) in [4.78, 5) is 2.91. The molecule has 1 aliphatic rings. The summed E-state index contributed by atoms with van der Waals surface area (Å²) in [6.07, 6.45) is 3.76. The van der Waals surface area contributed by atoms with Crippen molar-refractivity contribution in [2.45, 2.75) is 38.8 Å². The molecule has 1 aromatic heterocycles. The lowest BCUT2D eigenvalue weighted by Crippen LogP contribution is -2.17. The Balaban J connectivity index is 1.65. The van der Waals surface area contributed by atoms with Crippen LogP contribution in [0.2, 0.25) is 0 Å². The van der Waals surface area contributed by atoms with Crippen LogP contribution in [0.25, 0.3) is 0 Å². The van der Waals surface area contributed by atoms with Gasteiger partial charge in [0.2, 0.25) is 0 Å². The monoisotopic (exact) mass is 289 g/mol. The summed E-state index contributed by atoms with van der Waals surface area (Å²) in [6.45, 7) is 2.87. The molecule has 0 saturated carbocycles. The third-order valence-electron chi connectivity index (χ3n) is 3.80. The average molecular weight is 289 g/mol. The summed E-state index contributed by atoms with van der Waals surface area (Å²) in [7, 11) is 0. The normalized spacial score (nSPS) is 15.2. The van der Waals surface area contributed by atoms with Crippen molar-refractivity contribution in [2.75, 3.05) is 0 Å². The van der Waals surface area contributed by atoms with Gasteiger partial charge in [0.25, 0.3) is 0 Å². The topological polar surface area (TPSA) is 52.5 Å². The van der Waals surface area contributed by atoms with Crippen molar-refractivity contribution < 1.29 is 10.2 Å². The molecule has 4 heteroatoms. The van der Waals surface area contributed by atoms with Gasteiger partial charge in [-0.3, -0.25) is 0 Å². The molecule has 1 aromatic carbocycles. The van der Waals surface area contributed by atoms with E-state index in [-0.39, 0.29) is 17.5 Å². The van der Waals surface area contributed by atoms with Gasteiger partial charge in [0.1, 0.15) is 11.5 Å². The van der Waals surface area contributed by atoms with E-state index in [4.69, 9.17) is 0 Å². The van der Waals surface area contributed by atoms with E-state index in [9.17, 15) is 10.2 Å². The van der Waals surface area contributed by atoms with Gasteiger partial charge in [-0.25, -0.2) is 0 Å². The number of rotatable bonds is 4. The number of aromatic hydroxyl groups is 2. The van der Waals surface area contributed by atoms with Crippen molar-refractivity contribution in [3.63, 3.8) is 0 Å². The zero-order valence-electron chi connectivity index (χ0n) is 11.5. The summed E-state index contributed by atoms with van der Waals surface area (Å²) in [5.41, 5.74) is 2.42. The van der Waals surface area contributed by atoms with Gasteiger partial charge in [-0.05, 0) is 55.5 Å². The lowest BCUT2D eigenvalue weighted by atomic mass is 10.1. The van der Waals surface area contributed by atoms with Gasteiger partial charge in [0.05, 0.1) is 0 Å². The van der Waals surface area contributed by atoms with E-state index in [1.165, 1.54) is 35.8 Å². The van der Waals surface area contributed by atoms with E-state index in [0.717, 1.165) is 12.1 Å². The van der Waals surface area contributed by atoms with Crippen LogP contribution in [0.3, 0.4) is 0 Å². The molecule has 0 spiro atoms. The first-order valence-electron chi connectivity index (χ1n) is 6.98. The van der Waals surface area contributed by atoms with Gasteiger partial charge in [-0.15, -0.1) is 11.3 Å². The van der Waals surface area contributed by atoms with Crippen LogP contribution in [0.15, 0.2) is 24.3 Å². The summed E-state index contributed by atoms with van der Waals surface area (Å²) in [5.74, 6) is 0.201. The standard InChI is InChI=1S/C16H19NO2S/c1-10(12-5-13(18)8-14(19)6-12)17-9-15-7-11-3-2-4-16(11)20-15/h5-8,10,17-19H,2-4,9H2,1H3. The van der Waals surface area contributed by atoms with Gasteiger partial charge in [0, 0.05) is 28.4 Å². The highest BCUT2D eigenvalue weighted by Crippen LogP contribution is 2.31. The fraction of sp³-hybridized carbons (Fsp3) is 0.375. The third-order valence-corrected chi connectivity index (χ3v) is 5.04. The lowest BCUT2D eigenvalue weighted by Gasteiger charge is -2.14. The van der Waals surface area contributed by atoms with E-state index in [1.807, 2.05) is 18.3 Å². The number of hydrogen-bond donors (Lipinski definition) is 3. The highest BCUT2D eigenvalue weighted by molar-refractivity contribution is 7.12. The average Bonchev–Trinajstić information content (AvgIpc) is 2.95. The molecular formula is C16H19NO2S. The Hall–Kier alpha value is -1.52. The van der Waals surface area contributed by atoms with Crippen LogP contribution in [0, 0.1) is 0 Å². The van der Waals surface area contributed by atoms with Gasteiger partial charge >= 0.3 is 0 Å². The minimum absolute atomic E-state index is 0.0879. The van der Waals surface area contributed by atoms with E-state index in [1.54, 1.807) is 17.0 Å². The molecule has 1 heterocycles. The molecule has 106 valence electrons. The molecule has 1 unspecified atom stereocenters. The smallest absolute Gasteiger partial charge is 0.119 e. The minimum atomic E-state index is 0.0879. The van der Waals surface area contributed by atoms with Gasteiger partial charge < -0.3 is 15.5 Å². The molecule has 0 fully saturated rings. The van der Waals surface area contributed by atoms with Crippen molar-refractivity contribution in [3.8, 4) is 11.5 Å². The number of phenols is 2. The molecule has 0 saturated heterocycles.